The summed E-state index contributed by atoms with van der Waals surface area (Å²) in [5.74, 6) is 1.95. The third-order valence-corrected chi connectivity index (χ3v) is 5.53. The Morgan fingerprint density at radius 3 is 2.82 bits per heavy atom. The second-order valence-corrected chi connectivity index (χ2v) is 6.80. The monoisotopic (exact) mass is 355 g/mol. The third kappa shape index (κ3) is 2.15. The molecular weight excluding hydrogens is 338 g/mol. The number of anilines is 1. The Morgan fingerprint density at radius 1 is 1.14 bits per heavy atom. The van der Waals surface area contributed by atoms with Crippen molar-refractivity contribution in [1.82, 2.24) is 0 Å². The first-order valence-corrected chi connectivity index (χ1v) is 8.43. The van der Waals surface area contributed by atoms with Gasteiger partial charge in [-0.3, -0.25) is 0 Å². The van der Waals surface area contributed by atoms with E-state index in [9.17, 15) is 0 Å². The molecule has 0 spiro atoms. The van der Waals surface area contributed by atoms with Crippen LogP contribution in [0.3, 0.4) is 0 Å². The van der Waals surface area contributed by atoms with E-state index in [0.717, 1.165) is 12.2 Å². The number of rotatable bonds is 2. The quantitative estimate of drug-likeness (QED) is 0.739. The van der Waals surface area contributed by atoms with Crippen LogP contribution in [0, 0.1) is 5.92 Å². The van der Waals surface area contributed by atoms with Crippen LogP contribution in [0.2, 0.25) is 0 Å². The number of nitrogens with one attached hydrogen (secondary N) is 1. The minimum Gasteiger partial charge on any atom is -0.497 e. The Kier molecular flexibility index (Phi) is 3.45. The highest BCUT2D eigenvalue weighted by Gasteiger charge is 2.38. The van der Waals surface area contributed by atoms with E-state index in [1.807, 2.05) is 6.07 Å². The molecule has 0 bridgehead atoms. The summed E-state index contributed by atoms with van der Waals surface area (Å²) in [5, 5.41) is 3.75. The van der Waals surface area contributed by atoms with Crippen molar-refractivity contribution < 1.29 is 4.74 Å². The van der Waals surface area contributed by atoms with Gasteiger partial charge in [-0.25, -0.2) is 0 Å². The van der Waals surface area contributed by atoms with E-state index in [1.54, 1.807) is 7.11 Å². The lowest BCUT2D eigenvalue weighted by Gasteiger charge is -2.38. The van der Waals surface area contributed by atoms with Crippen molar-refractivity contribution in [2.45, 2.75) is 18.4 Å². The topological polar surface area (TPSA) is 21.3 Å². The number of allylic oxidation sites excluding steroid dienone is 2. The first kappa shape index (κ1) is 13.9. The lowest BCUT2D eigenvalue weighted by molar-refractivity contribution is 0.405. The Hall–Kier alpha value is -1.74. The van der Waals surface area contributed by atoms with E-state index in [1.165, 1.54) is 21.3 Å². The molecule has 4 rings (SSSR count). The van der Waals surface area contributed by atoms with E-state index in [0.29, 0.717) is 17.9 Å². The van der Waals surface area contributed by atoms with Crippen LogP contribution in [-0.4, -0.2) is 7.11 Å². The van der Waals surface area contributed by atoms with E-state index in [-0.39, 0.29) is 0 Å². The molecule has 0 fully saturated rings. The summed E-state index contributed by atoms with van der Waals surface area (Å²) in [6.45, 7) is 0. The highest BCUT2D eigenvalue weighted by Crippen LogP contribution is 2.51. The number of hydrogen-bond acceptors (Lipinski definition) is 2. The second kappa shape index (κ2) is 5.47. The lowest BCUT2D eigenvalue weighted by atomic mass is 9.77. The molecule has 1 aliphatic heterocycles. The number of fused-ring (bicyclic) bond motifs is 3. The van der Waals surface area contributed by atoms with Gasteiger partial charge in [0.05, 0.1) is 13.2 Å². The minimum absolute atomic E-state index is 0.330. The van der Waals surface area contributed by atoms with Crippen LogP contribution >= 0.6 is 15.9 Å². The number of benzene rings is 2. The Balaban J connectivity index is 1.80. The zero-order valence-electron chi connectivity index (χ0n) is 12.4. The average Bonchev–Trinajstić information content (AvgIpc) is 3.04. The smallest absolute Gasteiger partial charge is 0.119 e. The predicted molar refractivity (Wildman–Crippen MR) is 93.5 cm³/mol. The van der Waals surface area contributed by atoms with E-state index >= 15 is 0 Å². The maximum atomic E-state index is 5.40. The van der Waals surface area contributed by atoms with Crippen LogP contribution in [0.25, 0.3) is 0 Å². The summed E-state index contributed by atoms with van der Waals surface area (Å²) in [5.41, 5.74) is 3.90. The van der Waals surface area contributed by atoms with Crippen molar-refractivity contribution in [1.29, 1.82) is 0 Å². The van der Waals surface area contributed by atoms with Crippen molar-refractivity contribution in [2.24, 2.45) is 5.92 Å². The summed E-state index contributed by atoms with van der Waals surface area (Å²) in [7, 11) is 1.73. The van der Waals surface area contributed by atoms with Gasteiger partial charge in [-0.2, -0.15) is 0 Å². The minimum atomic E-state index is 0.330. The van der Waals surface area contributed by atoms with Crippen LogP contribution in [0.5, 0.6) is 5.75 Å². The molecule has 0 unspecified atom stereocenters. The van der Waals surface area contributed by atoms with Gasteiger partial charge in [-0.15, -0.1) is 0 Å². The van der Waals surface area contributed by atoms with Gasteiger partial charge < -0.3 is 10.1 Å². The van der Waals surface area contributed by atoms with Gasteiger partial charge in [0.2, 0.25) is 0 Å². The summed E-state index contributed by atoms with van der Waals surface area (Å²) in [6.07, 6.45) is 5.78. The third-order valence-electron chi connectivity index (χ3n) is 4.81. The average molecular weight is 356 g/mol. The molecule has 1 aliphatic carbocycles. The molecule has 0 aromatic heterocycles. The number of ether oxygens (including phenoxy) is 1. The van der Waals surface area contributed by atoms with Crippen LogP contribution in [0.1, 0.15) is 29.5 Å². The molecule has 3 atom stereocenters. The molecular formula is C19H18BrNO. The van der Waals surface area contributed by atoms with E-state index in [2.05, 4.69) is 69.8 Å². The maximum absolute atomic E-state index is 5.40. The van der Waals surface area contributed by atoms with Gasteiger partial charge in [0.15, 0.2) is 0 Å². The molecule has 0 saturated heterocycles. The van der Waals surface area contributed by atoms with E-state index in [4.69, 9.17) is 4.74 Å². The molecule has 2 aromatic carbocycles. The molecule has 22 heavy (non-hydrogen) atoms. The largest absolute Gasteiger partial charge is 0.497 e. The fourth-order valence-electron chi connectivity index (χ4n) is 3.73. The fourth-order valence-corrected chi connectivity index (χ4v) is 4.27. The molecule has 1 N–H and O–H groups in total. The highest BCUT2D eigenvalue weighted by molar-refractivity contribution is 9.10. The Bertz CT molecular complexity index is 740. The van der Waals surface area contributed by atoms with Crippen molar-refractivity contribution in [3.05, 3.63) is 70.2 Å². The van der Waals surface area contributed by atoms with Crippen LogP contribution < -0.4 is 10.1 Å². The van der Waals surface area contributed by atoms with Crippen LogP contribution in [0.15, 0.2) is 59.1 Å². The molecule has 1 heterocycles. The lowest BCUT2D eigenvalue weighted by Crippen LogP contribution is -2.29. The fraction of sp³-hybridized carbons (Fsp3) is 0.263. The van der Waals surface area contributed by atoms with Gasteiger partial charge in [0, 0.05) is 16.1 Å². The molecule has 2 nitrogen and oxygen atoms in total. The zero-order chi connectivity index (χ0) is 15.1. The van der Waals surface area contributed by atoms with Gasteiger partial charge in [-0.1, -0.05) is 46.3 Å². The summed E-state index contributed by atoms with van der Waals surface area (Å²) in [6, 6.07) is 15.2. The van der Waals surface area contributed by atoms with Crippen molar-refractivity contribution >= 4 is 21.6 Å². The van der Waals surface area contributed by atoms with Gasteiger partial charge in [-0.05, 0) is 47.7 Å². The van der Waals surface area contributed by atoms with Crippen molar-refractivity contribution in [3.8, 4) is 5.75 Å². The summed E-state index contributed by atoms with van der Waals surface area (Å²) in [4.78, 5) is 0. The predicted octanol–water partition coefficient (Wildman–Crippen LogP) is 5.28. The van der Waals surface area contributed by atoms with E-state index < -0.39 is 0 Å². The SMILES string of the molecule is COc1ccc2c(c1)[C@@H]1C=CC[C@H]1[C@H](c1ccccc1Br)N2. The van der Waals surface area contributed by atoms with Crippen molar-refractivity contribution in [3.63, 3.8) is 0 Å². The maximum Gasteiger partial charge on any atom is 0.119 e. The second-order valence-electron chi connectivity index (χ2n) is 5.95. The molecule has 2 aliphatic rings. The Morgan fingerprint density at radius 2 is 2.00 bits per heavy atom. The summed E-state index contributed by atoms with van der Waals surface area (Å²) < 4.78 is 6.58. The molecule has 0 amide bonds. The van der Waals surface area contributed by atoms with Crippen molar-refractivity contribution in [2.75, 3.05) is 12.4 Å². The van der Waals surface area contributed by atoms with Crippen LogP contribution in [0.4, 0.5) is 5.69 Å². The standard InChI is InChI=1S/C19H18BrNO/c1-22-12-9-10-18-16(11-12)13-6-4-7-14(13)19(21-18)15-5-2-3-8-17(15)20/h2-6,8-11,13-14,19,21H,7H2,1H3/t13-,14-,19-/m1/s1. The normalized spacial score (nSPS) is 25.3. The zero-order valence-corrected chi connectivity index (χ0v) is 14.0. The first-order valence-electron chi connectivity index (χ1n) is 7.63. The Labute approximate surface area is 139 Å². The number of hydrogen-bond donors (Lipinski definition) is 1. The highest BCUT2D eigenvalue weighted by atomic mass is 79.9. The molecule has 0 saturated carbocycles. The molecule has 3 heteroatoms. The first-order chi connectivity index (χ1) is 10.8. The van der Waals surface area contributed by atoms with Crippen LogP contribution in [-0.2, 0) is 0 Å². The van der Waals surface area contributed by atoms with Gasteiger partial charge >= 0.3 is 0 Å². The molecule has 0 radical (unpaired) electrons. The number of halogens is 1. The number of methoxy groups -OCH3 is 1. The summed E-state index contributed by atoms with van der Waals surface area (Å²) >= 11 is 3.71. The van der Waals surface area contributed by atoms with Gasteiger partial charge in [0.1, 0.15) is 5.75 Å². The molecule has 112 valence electrons. The molecule has 2 aromatic rings. The van der Waals surface area contributed by atoms with Gasteiger partial charge in [0.25, 0.3) is 0 Å².